The number of hydrogen-bond acceptors (Lipinski definition) is 3. The van der Waals surface area contributed by atoms with Crippen molar-refractivity contribution in [3.8, 4) is 11.5 Å². The molecule has 0 spiro atoms. The third-order valence-corrected chi connectivity index (χ3v) is 4.91. The Morgan fingerprint density at radius 2 is 1.89 bits per heavy atom. The fourth-order valence-corrected chi connectivity index (χ4v) is 3.48. The van der Waals surface area contributed by atoms with Crippen molar-refractivity contribution in [1.29, 1.82) is 0 Å². The van der Waals surface area contributed by atoms with Gasteiger partial charge in [-0.1, -0.05) is 54.1 Å². The molecule has 0 aliphatic heterocycles. The molecular weight excluding hydrogens is 336 g/mol. The summed E-state index contributed by atoms with van der Waals surface area (Å²) in [7, 11) is 0. The average molecular weight is 362 g/mol. The Bertz CT molecular complexity index is 973. The highest BCUT2D eigenvalue weighted by Crippen LogP contribution is 2.44. The van der Waals surface area contributed by atoms with E-state index in [1.165, 1.54) is 11.1 Å². The molecule has 0 unspecified atom stereocenters. The Morgan fingerprint density at radius 1 is 1.19 bits per heavy atom. The van der Waals surface area contributed by atoms with Crippen molar-refractivity contribution in [2.24, 2.45) is 0 Å². The van der Waals surface area contributed by atoms with E-state index in [1.54, 1.807) is 6.92 Å². The maximum Gasteiger partial charge on any atom is 0.338 e. The summed E-state index contributed by atoms with van der Waals surface area (Å²) in [5.41, 5.74) is 4.74. The van der Waals surface area contributed by atoms with Crippen LogP contribution in [-0.2, 0) is 17.6 Å². The van der Waals surface area contributed by atoms with E-state index in [1.807, 2.05) is 24.3 Å². The number of phenols is 1. The Labute approximate surface area is 160 Å². The minimum Gasteiger partial charge on any atom is -0.507 e. The van der Waals surface area contributed by atoms with Gasteiger partial charge in [-0.25, -0.2) is 4.79 Å². The minimum absolute atomic E-state index is 0.287. The summed E-state index contributed by atoms with van der Waals surface area (Å²) in [5, 5.41) is 12.3. The molecule has 0 heterocycles. The monoisotopic (exact) mass is 362 g/mol. The highest BCUT2D eigenvalue weighted by molar-refractivity contribution is 5.99. The molecule has 1 N–H and O–H groups in total. The second kappa shape index (κ2) is 7.83. The number of benzene rings is 2. The van der Waals surface area contributed by atoms with Gasteiger partial charge >= 0.3 is 5.97 Å². The van der Waals surface area contributed by atoms with Gasteiger partial charge < -0.3 is 9.84 Å². The van der Waals surface area contributed by atoms with Crippen molar-refractivity contribution in [2.45, 2.75) is 46.5 Å². The second-order valence-electron chi connectivity index (χ2n) is 7.41. The van der Waals surface area contributed by atoms with Gasteiger partial charge in [-0.2, -0.15) is 0 Å². The van der Waals surface area contributed by atoms with Crippen molar-refractivity contribution in [2.75, 3.05) is 0 Å². The van der Waals surface area contributed by atoms with Gasteiger partial charge in [-0.3, -0.25) is 0 Å². The standard InChI is InChI=1S/C24H26O3/c1-15(2)8-7-9-17-12-13-19-21(14-17)23(27-24(26)16(3)4)20-11-6-5-10-18(20)22(19)25/h5-6,8,10-12,25H,3,7,9,13-14H2,1-2,4H3. The molecule has 0 fully saturated rings. The smallest absolute Gasteiger partial charge is 0.338 e. The number of phenolic OH excluding ortho intramolecular Hbond substituents is 1. The molecule has 3 rings (SSSR count). The van der Waals surface area contributed by atoms with E-state index in [-0.39, 0.29) is 5.75 Å². The molecule has 1 aliphatic carbocycles. The van der Waals surface area contributed by atoms with Crippen molar-refractivity contribution < 1.29 is 14.6 Å². The van der Waals surface area contributed by atoms with Crippen molar-refractivity contribution in [1.82, 2.24) is 0 Å². The summed E-state index contributed by atoms with van der Waals surface area (Å²) in [6.45, 7) is 9.53. The molecular formula is C24H26O3. The number of carbonyl (C=O) groups excluding carboxylic acids is 1. The lowest BCUT2D eigenvalue weighted by molar-refractivity contribution is -0.130. The first-order valence-corrected chi connectivity index (χ1v) is 9.32. The molecule has 140 valence electrons. The molecule has 0 saturated heterocycles. The maximum atomic E-state index is 12.2. The van der Waals surface area contributed by atoms with Gasteiger partial charge in [0.15, 0.2) is 0 Å². The third kappa shape index (κ3) is 3.97. The molecule has 2 aromatic carbocycles. The molecule has 0 atom stereocenters. The zero-order chi connectivity index (χ0) is 19.6. The van der Waals surface area contributed by atoms with Crippen molar-refractivity contribution in [3.05, 3.63) is 70.8 Å². The zero-order valence-electron chi connectivity index (χ0n) is 16.3. The predicted octanol–water partition coefficient (Wildman–Crippen LogP) is 5.80. The summed E-state index contributed by atoms with van der Waals surface area (Å²) >= 11 is 0. The Hall–Kier alpha value is -2.81. The molecule has 1 aliphatic rings. The second-order valence-corrected chi connectivity index (χ2v) is 7.41. The van der Waals surface area contributed by atoms with Crippen molar-refractivity contribution >= 4 is 16.7 Å². The van der Waals surface area contributed by atoms with Crippen LogP contribution in [0, 0.1) is 0 Å². The molecule has 0 saturated carbocycles. The number of carbonyl (C=O) groups is 1. The van der Waals surface area contributed by atoms with E-state index in [9.17, 15) is 9.90 Å². The molecule has 0 radical (unpaired) electrons. The van der Waals surface area contributed by atoms with Gasteiger partial charge in [0.25, 0.3) is 0 Å². The molecule has 0 aromatic heterocycles. The molecule has 27 heavy (non-hydrogen) atoms. The van der Waals surface area contributed by atoms with E-state index >= 15 is 0 Å². The van der Waals surface area contributed by atoms with Crippen LogP contribution in [0.2, 0.25) is 0 Å². The third-order valence-electron chi connectivity index (χ3n) is 4.91. The van der Waals surface area contributed by atoms with Gasteiger partial charge in [-0.05, 0) is 46.5 Å². The van der Waals surface area contributed by atoms with E-state index in [4.69, 9.17) is 4.74 Å². The Balaban J connectivity index is 2.06. The lowest BCUT2D eigenvalue weighted by Crippen LogP contribution is -2.13. The minimum atomic E-state index is -0.436. The van der Waals surface area contributed by atoms with E-state index in [0.717, 1.165) is 29.4 Å². The highest BCUT2D eigenvalue weighted by atomic mass is 16.5. The zero-order valence-corrected chi connectivity index (χ0v) is 16.3. The fourth-order valence-electron chi connectivity index (χ4n) is 3.48. The van der Waals surface area contributed by atoms with Crippen LogP contribution >= 0.6 is 0 Å². The maximum absolute atomic E-state index is 12.2. The quantitative estimate of drug-likeness (QED) is 0.316. The van der Waals surface area contributed by atoms with Gasteiger partial charge in [-0.15, -0.1) is 0 Å². The highest BCUT2D eigenvalue weighted by Gasteiger charge is 2.24. The van der Waals surface area contributed by atoms with Crippen LogP contribution in [0.1, 0.15) is 44.7 Å². The Morgan fingerprint density at radius 3 is 2.56 bits per heavy atom. The van der Waals surface area contributed by atoms with Crippen LogP contribution in [0.3, 0.4) is 0 Å². The molecule has 3 heteroatoms. The first kappa shape index (κ1) is 19.0. The normalized spacial score (nSPS) is 12.9. The number of esters is 1. The molecule has 3 nitrogen and oxygen atoms in total. The number of fused-ring (bicyclic) bond motifs is 2. The number of allylic oxidation sites excluding steroid dienone is 4. The van der Waals surface area contributed by atoms with Gasteiger partial charge in [0, 0.05) is 27.5 Å². The fraction of sp³-hybridized carbons (Fsp3) is 0.292. The lowest BCUT2D eigenvalue weighted by atomic mass is 9.85. The molecule has 2 aromatic rings. The van der Waals surface area contributed by atoms with Crippen LogP contribution in [0.15, 0.2) is 59.7 Å². The largest absolute Gasteiger partial charge is 0.507 e. The summed E-state index contributed by atoms with van der Waals surface area (Å²) in [6, 6.07) is 7.51. The van der Waals surface area contributed by atoms with E-state index in [0.29, 0.717) is 29.6 Å². The summed E-state index contributed by atoms with van der Waals surface area (Å²) in [5.74, 6) is 0.406. The van der Waals surface area contributed by atoms with Crippen LogP contribution < -0.4 is 4.74 Å². The van der Waals surface area contributed by atoms with Crippen molar-refractivity contribution in [3.63, 3.8) is 0 Å². The van der Waals surface area contributed by atoms with Gasteiger partial charge in [0.2, 0.25) is 0 Å². The van der Waals surface area contributed by atoms with E-state index in [2.05, 4.69) is 32.6 Å². The molecule has 0 amide bonds. The predicted molar refractivity (Wildman–Crippen MR) is 110 cm³/mol. The Kier molecular flexibility index (Phi) is 5.50. The topological polar surface area (TPSA) is 46.5 Å². The van der Waals surface area contributed by atoms with Crippen LogP contribution in [-0.4, -0.2) is 11.1 Å². The SMILES string of the molecule is C=C(C)C(=O)Oc1c2c(c(O)c3ccccc13)CC=C(CCC=C(C)C)C2. The first-order chi connectivity index (χ1) is 12.9. The molecule has 0 bridgehead atoms. The van der Waals surface area contributed by atoms with Gasteiger partial charge in [0.05, 0.1) is 0 Å². The number of rotatable bonds is 5. The van der Waals surface area contributed by atoms with Gasteiger partial charge in [0.1, 0.15) is 11.5 Å². The average Bonchev–Trinajstić information content (AvgIpc) is 2.64. The van der Waals surface area contributed by atoms with Crippen LogP contribution in [0.4, 0.5) is 0 Å². The number of ether oxygens (including phenoxy) is 1. The van der Waals surface area contributed by atoms with Crippen LogP contribution in [0.25, 0.3) is 10.8 Å². The summed E-state index contributed by atoms with van der Waals surface area (Å²) in [6.07, 6.45) is 7.71. The summed E-state index contributed by atoms with van der Waals surface area (Å²) in [4.78, 5) is 12.2. The lowest BCUT2D eigenvalue weighted by Gasteiger charge is -2.23. The number of aromatic hydroxyl groups is 1. The van der Waals surface area contributed by atoms with E-state index < -0.39 is 5.97 Å². The summed E-state index contributed by atoms with van der Waals surface area (Å²) < 4.78 is 5.74. The number of hydrogen-bond donors (Lipinski definition) is 1. The van der Waals surface area contributed by atoms with Crippen LogP contribution in [0.5, 0.6) is 11.5 Å². The first-order valence-electron chi connectivity index (χ1n) is 9.32.